The Kier molecular flexibility index (Phi) is 5.64. The first-order chi connectivity index (χ1) is 13.5. The van der Waals surface area contributed by atoms with E-state index in [2.05, 4.69) is 10.6 Å². The first kappa shape index (κ1) is 19.0. The fraction of sp³-hybridized carbons (Fsp3) is 0.0476. The number of benzene rings is 3. The second kappa shape index (κ2) is 8.30. The highest BCUT2D eigenvalue weighted by molar-refractivity contribution is 6.07. The van der Waals surface area contributed by atoms with Crippen LogP contribution in [0.2, 0.25) is 0 Å². The summed E-state index contributed by atoms with van der Waals surface area (Å²) in [6, 6.07) is 15.7. The van der Waals surface area contributed by atoms with E-state index in [1.165, 1.54) is 31.4 Å². The van der Waals surface area contributed by atoms with Crippen LogP contribution in [-0.4, -0.2) is 18.9 Å². The van der Waals surface area contributed by atoms with Crippen LogP contribution >= 0.6 is 0 Å². The Morgan fingerprint density at radius 3 is 1.93 bits per heavy atom. The smallest absolute Gasteiger partial charge is 0.255 e. The molecule has 2 amide bonds. The minimum atomic E-state index is -0.874. The van der Waals surface area contributed by atoms with Crippen molar-refractivity contribution in [3.63, 3.8) is 0 Å². The van der Waals surface area contributed by atoms with E-state index in [1.54, 1.807) is 24.3 Å². The van der Waals surface area contributed by atoms with Crippen molar-refractivity contribution in [2.45, 2.75) is 0 Å². The molecule has 0 atom stereocenters. The summed E-state index contributed by atoms with van der Waals surface area (Å²) in [7, 11) is 1.50. The van der Waals surface area contributed by atoms with E-state index in [0.29, 0.717) is 23.1 Å². The summed E-state index contributed by atoms with van der Waals surface area (Å²) in [5.74, 6) is -2.04. The molecule has 0 aliphatic rings. The Balaban J connectivity index is 1.70. The highest BCUT2D eigenvalue weighted by Gasteiger charge is 2.13. The van der Waals surface area contributed by atoms with Gasteiger partial charge in [-0.05, 0) is 48.5 Å². The molecule has 3 aromatic carbocycles. The van der Waals surface area contributed by atoms with E-state index in [-0.39, 0.29) is 17.2 Å². The lowest BCUT2D eigenvalue weighted by atomic mass is 10.1. The third kappa shape index (κ3) is 4.32. The Hall–Kier alpha value is -3.74. The van der Waals surface area contributed by atoms with Crippen LogP contribution in [0.3, 0.4) is 0 Å². The minimum absolute atomic E-state index is 0.135. The molecular formula is C21H16F2N2O3. The lowest BCUT2D eigenvalue weighted by Crippen LogP contribution is -2.15. The molecule has 7 heteroatoms. The van der Waals surface area contributed by atoms with Crippen molar-refractivity contribution in [3.05, 3.63) is 89.5 Å². The van der Waals surface area contributed by atoms with Gasteiger partial charge in [-0.1, -0.05) is 12.1 Å². The normalized spacial score (nSPS) is 10.2. The summed E-state index contributed by atoms with van der Waals surface area (Å²) < 4.78 is 31.8. The quantitative estimate of drug-likeness (QED) is 0.684. The summed E-state index contributed by atoms with van der Waals surface area (Å²) in [5, 5.41) is 5.09. The molecule has 3 rings (SSSR count). The van der Waals surface area contributed by atoms with Gasteiger partial charge < -0.3 is 15.4 Å². The van der Waals surface area contributed by atoms with Gasteiger partial charge in [0.2, 0.25) is 0 Å². The number of anilines is 2. The van der Waals surface area contributed by atoms with Crippen molar-refractivity contribution < 1.29 is 23.1 Å². The van der Waals surface area contributed by atoms with Crippen LogP contribution in [0.1, 0.15) is 20.7 Å². The van der Waals surface area contributed by atoms with E-state index in [0.717, 1.165) is 12.1 Å². The lowest BCUT2D eigenvalue weighted by molar-refractivity contribution is 0.101. The van der Waals surface area contributed by atoms with E-state index in [4.69, 9.17) is 4.74 Å². The van der Waals surface area contributed by atoms with Gasteiger partial charge in [-0.2, -0.15) is 0 Å². The van der Waals surface area contributed by atoms with Gasteiger partial charge in [-0.25, -0.2) is 8.78 Å². The Bertz CT molecular complexity index is 1020. The monoisotopic (exact) mass is 382 g/mol. The maximum Gasteiger partial charge on any atom is 0.255 e. The highest BCUT2D eigenvalue weighted by Crippen LogP contribution is 2.24. The van der Waals surface area contributed by atoms with E-state index in [1.807, 2.05) is 0 Å². The van der Waals surface area contributed by atoms with Gasteiger partial charge in [0, 0.05) is 17.2 Å². The summed E-state index contributed by atoms with van der Waals surface area (Å²) in [6.07, 6.45) is 0. The predicted molar refractivity (Wildman–Crippen MR) is 102 cm³/mol. The number of para-hydroxylation sites is 2. The third-order valence-electron chi connectivity index (χ3n) is 3.94. The number of halogens is 2. The van der Waals surface area contributed by atoms with Crippen LogP contribution in [0.15, 0.2) is 66.7 Å². The minimum Gasteiger partial charge on any atom is -0.495 e. The number of amides is 2. The molecule has 0 saturated carbocycles. The molecule has 142 valence electrons. The van der Waals surface area contributed by atoms with Crippen molar-refractivity contribution in [1.82, 2.24) is 0 Å². The van der Waals surface area contributed by atoms with Crippen molar-refractivity contribution in [2.24, 2.45) is 0 Å². The van der Waals surface area contributed by atoms with Crippen LogP contribution in [0, 0.1) is 11.6 Å². The Morgan fingerprint density at radius 2 is 1.36 bits per heavy atom. The Labute approximate surface area is 160 Å². The second-order valence-corrected chi connectivity index (χ2v) is 5.81. The number of hydrogen-bond donors (Lipinski definition) is 2. The fourth-order valence-corrected chi connectivity index (χ4v) is 2.50. The largest absolute Gasteiger partial charge is 0.495 e. The summed E-state index contributed by atoms with van der Waals surface area (Å²) in [6.45, 7) is 0. The molecule has 0 fully saturated rings. The number of rotatable bonds is 5. The summed E-state index contributed by atoms with van der Waals surface area (Å²) in [4.78, 5) is 24.6. The number of methoxy groups -OCH3 is 1. The molecule has 5 nitrogen and oxygen atoms in total. The average molecular weight is 382 g/mol. The van der Waals surface area contributed by atoms with Crippen molar-refractivity contribution >= 4 is 23.2 Å². The molecule has 2 N–H and O–H groups in total. The number of hydrogen-bond acceptors (Lipinski definition) is 3. The molecule has 28 heavy (non-hydrogen) atoms. The topological polar surface area (TPSA) is 67.4 Å². The molecule has 0 radical (unpaired) electrons. The molecule has 0 aliphatic heterocycles. The Morgan fingerprint density at radius 1 is 0.786 bits per heavy atom. The predicted octanol–water partition coefficient (Wildman–Crippen LogP) is 4.48. The van der Waals surface area contributed by atoms with Gasteiger partial charge in [-0.15, -0.1) is 0 Å². The number of carbonyl (C=O) groups excluding carboxylic acids is 2. The van der Waals surface area contributed by atoms with Crippen LogP contribution in [0.4, 0.5) is 20.2 Å². The SMILES string of the molecule is COc1ccccc1NC(=O)c1ccc(C(=O)Nc2ccc(F)cc2F)cc1. The molecular weight excluding hydrogens is 366 g/mol. The number of carbonyl (C=O) groups is 2. The number of nitrogens with one attached hydrogen (secondary N) is 2. The van der Waals surface area contributed by atoms with E-state index < -0.39 is 17.5 Å². The van der Waals surface area contributed by atoms with Crippen LogP contribution in [0.5, 0.6) is 5.75 Å². The summed E-state index contributed by atoms with van der Waals surface area (Å²) >= 11 is 0. The standard InChI is InChI=1S/C21H16F2N2O3/c1-28-19-5-3-2-4-18(19)25-21(27)14-8-6-13(7-9-14)20(26)24-17-11-10-15(22)12-16(17)23/h2-12H,1H3,(H,24,26)(H,25,27). The fourth-order valence-electron chi connectivity index (χ4n) is 2.50. The summed E-state index contributed by atoms with van der Waals surface area (Å²) in [5.41, 5.74) is 0.931. The molecule has 0 spiro atoms. The lowest BCUT2D eigenvalue weighted by Gasteiger charge is -2.10. The van der Waals surface area contributed by atoms with Gasteiger partial charge >= 0.3 is 0 Å². The van der Waals surface area contributed by atoms with Gasteiger partial charge in [0.1, 0.15) is 17.4 Å². The van der Waals surface area contributed by atoms with Gasteiger partial charge in [0.05, 0.1) is 18.5 Å². The van der Waals surface area contributed by atoms with Gasteiger partial charge in [-0.3, -0.25) is 9.59 Å². The van der Waals surface area contributed by atoms with Crippen LogP contribution in [-0.2, 0) is 0 Å². The molecule has 3 aromatic rings. The number of ether oxygens (including phenoxy) is 1. The van der Waals surface area contributed by atoms with E-state index in [9.17, 15) is 18.4 Å². The molecule has 0 aliphatic carbocycles. The third-order valence-corrected chi connectivity index (χ3v) is 3.94. The second-order valence-electron chi connectivity index (χ2n) is 5.81. The van der Waals surface area contributed by atoms with Gasteiger partial charge in [0.25, 0.3) is 11.8 Å². The van der Waals surface area contributed by atoms with Gasteiger partial charge in [0.15, 0.2) is 0 Å². The highest BCUT2D eigenvalue weighted by atomic mass is 19.1. The zero-order valence-electron chi connectivity index (χ0n) is 14.8. The zero-order valence-corrected chi connectivity index (χ0v) is 14.8. The van der Waals surface area contributed by atoms with E-state index >= 15 is 0 Å². The van der Waals surface area contributed by atoms with Crippen molar-refractivity contribution in [1.29, 1.82) is 0 Å². The molecule has 0 unspecified atom stereocenters. The maximum atomic E-state index is 13.6. The van der Waals surface area contributed by atoms with Crippen molar-refractivity contribution in [2.75, 3.05) is 17.7 Å². The van der Waals surface area contributed by atoms with Crippen molar-refractivity contribution in [3.8, 4) is 5.75 Å². The van der Waals surface area contributed by atoms with Crippen LogP contribution in [0.25, 0.3) is 0 Å². The zero-order chi connectivity index (χ0) is 20.1. The first-order valence-electron chi connectivity index (χ1n) is 8.29. The van der Waals surface area contributed by atoms with Crippen LogP contribution < -0.4 is 15.4 Å². The first-order valence-corrected chi connectivity index (χ1v) is 8.29. The molecule has 0 saturated heterocycles. The average Bonchev–Trinajstić information content (AvgIpc) is 2.70. The maximum absolute atomic E-state index is 13.6. The molecule has 0 heterocycles. The molecule has 0 bridgehead atoms. The molecule has 0 aromatic heterocycles.